The minimum absolute atomic E-state index is 0.00400. The number of halogens is 1. The number of hydrogen-bond acceptors (Lipinski definition) is 2. The molecule has 3 nitrogen and oxygen atoms in total. The van der Waals surface area contributed by atoms with Gasteiger partial charge in [-0.2, -0.15) is 0 Å². The van der Waals surface area contributed by atoms with Gasteiger partial charge in [-0.1, -0.05) is 19.2 Å². The molecule has 0 aliphatic carbocycles. The number of carbonyl (C=O) groups is 1. The number of benzene rings is 1. The van der Waals surface area contributed by atoms with Gasteiger partial charge >= 0.3 is 5.97 Å². The molecule has 0 saturated heterocycles. The fourth-order valence-electron chi connectivity index (χ4n) is 1.23. The third-order valence-corrected chi connectivity index (χ3v) is 2.05. The van der Waals surface area contributed by atoms with Crippen molar-refractivity contribution in [3.63, 3.8) is 0 Å². The normalized spacial score (nSPS) is 11.4. The maximum Gasteiger partial charge on any atom is 0.337 e. The maximum atomic E-state index is 12.7. The molecular formula is C13H12FNO2. The van der Waals surface area contributed by atoms with E-state index in [0.717, 1.165) is 0 Å². The second-order valence-corrected chi connectivity index (χ2v) is 3.17. The van der Waals surface area contributed by atoms with E-state index in [9.17, 15) is 9.18 Å². The van der Waals surface area contributed by atoms with E-state index in [1.807, 2.05) is 0 Å². The third-order valence-electron chi connectivity index (χ3n) is 2.05. The highest BCUT2D eigenvalue weighted by molar-refractivity contribution is 5.92. The van der Waals surface area contributed by atoms with Crippen LogP contribution in [-0.4, -0.2) is 11.1 Å². The largest absolute Gasteiger partial charge is 0.478 e. The van der Waals surface area contributed by atoms with Crippen molar-refractivity contribution in [2.45, 2.75) is 0 Å². The molecule has 0 amide bonds. The van der Waals surface area contributed by atoms with E-state index in [2.05, 4.69) is 18.5 Å². The van der Waals surface area contributed by atoms with E-state index >= 15 is 0 Å². The number of aliphatic carboxylic acids is 1. The molecule has 0 aromatic heterocycles. The summed E-state index contributed by atoms with van der Waals surface area (Å²) in [5.41, 5.74) is 0.880. The average Bonchev–Trinajstić information content (AvgIpc) is 2.31. The molecule has 0 aliphatic heterocycles. The first-order chi connectivity index (χ1) is 8.08. The van der Waals surface area contributed by atoms with Gasteiger partial charge in [0, 0.05) is 5.69 Å². The minimum Gasteiger partial charge on any atom is -0.478 e. The van der Waals surface area contributed by atoms with Gasteiger partial charge in [0.15, 0.2) is 0 Å². The van der Waals surface area contributed by atoms with Gasteiger partial charge in [0.25, 0.3) is 0 Å². The Morgan fingerprint density at radius 1 is 1.24 bits per heavy atom. The van der Waals surface area contributed by atoms with Crippen molar-refractivity contribution in [2.75, 3.05) is 5.32 Å². The molecule has 2 N–H and O–H groups in total. The van der Waals surface area contributed by atoms with Crippen LogP contribution >= 0.6 is 0 Å². The average molecular weight is 233 g/mol. The van der Waals surface area contributed by atoms with Gasteiger partial charge in [-0.25, -0.2) is 9.18 Å². The summed E-state index contributed by atoms with van der Waals surface area (Å²) in [5, 5.41) is 11.8. The summed E-state index contributed by atoms with van der Waals surface area (Å²) in [4.78, 5) is 10.9. The van der Waals surface area contributed by atoms with Crippen LogP contribution in [0.5, 0.6) is 0 Å². The molecule has 88 valence electrons. The number of hydrogen-bond donors (Lipinski definition) is 2. The number of nitrogens with one attached hydrogen (secondary N) is 1. The standard InChI is InChI=1S/C13H12FNO2/c1-3-11(13(16)17)12(4-2)15-10-7-5-9(14)6-8-10/h3-8,15H,1-2H2,(H,16,17)/b12-11-. The van der Waals surface area contributed by atoms with Gasteiger partial charge in [-0.3, -0.25) is 0 Å². The summed E-state index contributed by atoms with van der Waals surface area (Å²) >= 11 is 0. The minimum atomic E-state index is -1.11. The van der Waals surface area contributed by atoms with Crippen LogP contribution in [0.2, 0.25) is 0 Å². The van der Waals surface area contributed by atoms with E-state index in [1.54, 1.807) is 0 Å². The van der Waals surface area contributed by atoms with E-state index in [0.29, 0.717) is 11.4 Å². The molecule has 0 saturated carbocycles. The van der Waals surface area contributed by atoms with Gasteiger partial charge in [0.2, 0.25) is 0 Å². The van der Waals surface area contributed by atoms with Crippen LogP contribution in [0.3, 0.4) is 0 Å². The van der Waals surface area contributed by atoms with Crippen molar-refractivity contribution in [1.29, 1.82) is 0 Å². The van der Waals surface area contributed by atoms with Gasteiger partial charge in [0.1, 0.15) is 5.82 Å². The van der Waals surface area contributed by atoms with E-state index in [-0.39, 0.29) is 11.4 Å². The molecule has 1 aromatic rings. The summed E-state index contributed by atoms with van der Waals surface area (Å²) in [6.45, 7) is 6.94. The van der Waals surface area contributed by atoms with Crippen molar-refractivity contribution < 1.29 is 14.3 Å². The Bertz CT molecular complexity index is 475. The molecule has 0 fully saturated rings. The Morgan fingerprint density at radius 3 is 2.24 bits per heavy atom. The smallest absolute Gasteiger partial charge is 0.337 e. The zero-order chi connectivity index (χ0) is 12.8. The number of rotatable bonds is 5. The zero-order valence-corrected chi connectivity index (χ0v) is 9.11. The molecule has 1 aromatic carbocycles. The first-order valence-corrected chi connectivity index (χ1v) is 4.83. The predicted octanol–water partition coefficient (Wildman–Crippen LogP) is 2.95. The Morgan fingerprint density at radius 2 is 1.82 bits per heavy atom. The quantitative estimate of drug-likeness (QED) is 0.607. The van der Waals surface area contributed by atoms with Crippen molar-refractivity contribution in [2.24, 2.45) is 0 Å². The molecule has 17 heavy (non-hydrogen) atoms. The van der Waals surface area contributed by atoms with Crippen molar-refractivity contribution in [1.82, 2.24) is 0 Å². The Hall–Kier alpha value is -2.36. The third kappa shape index (κ3) is 3.31. The molecule has 0 radical (unpaired) electrons. The molecule has 0 heterocycles. The number of carboxylic acids is 1. The van der Waals surface area contributed by atoms with Gasteiger partial charge in [-0.15, -0.1) is 0 Å². The van der Waals surface area contributed by atoms with Crippen LogP contribution in [0.25, 0.3) is 0 Å². The molecule has 0 aliphatic rings. The van der Waals surface area contributed by atoms with E-state index in [4.69, 9.17) is 5.11 Å². The lowest BCUT2D eigenvalue weighted by atomic mass is 10.2. The fraction of sp³-hybridized carbons (Fsp3) is 0. The van der Waals surface area contributed by atoms with Crippen molar-refractivity contribution in [3.8, 4) is 0 Å². The van der Waals surface area contributed by atoms with E-state index < -0.39 is 5.97 Å². The lowest BCUT2D eigenvalue weighted by Crippen LogP contribution is -2.07. The second kappa shape index (κ2) is 5.65. The summed E-state index contributed by atoms with van der Waals surface area (Å²) < 4.78 is 12.7. The van der Waals surface area contributed by atoms with Crippen LogP contribution < -0.4 is 5.32 Å². The van der Waals surface area contributed by atoms with Crippen LogP contribution in [0.15, 0.2) is 60.8 Å². The lowest BCUT2D eigenvalue weighted by Gasteiger charge is -2.09. The molecule has 4 heteroatoms. The first-order valence-electron chi connectivity index (χ1n) is 4.83. The second-order valence-electron chi connectivity index (χ2n) is 3.17. The van der Waals surface area contributed by atoms with Crippen LogP contribution in [0, 0.1) is 5.82 Å². The van der Waals surface area contributed by atoms with Crippen LogP contribution in [0.1, 0.15) is 0 Å². The van der Waals surface area contributed by atoms with E-state index in [1.165, 1.54) is 36.4 Å². The summed E-state index contributed by atoms with van der Waals surface area (Å²) in [5.74, 6) is -1.47. The number of allylic oxidation sites excluding steroid dienone is 1. The van der Waals surface area contributed by atoms with Gasteiger partial charge in [0.05, 0.1) is 11.3 Å². The topological polar surface area (TPSA) is 49.3 Å². The van der Waals surface area contributed by atoms with Crippen LogP contribution in [-0.2, 0) is 4.79 Å². The summed E-state index contributed by atoms with van der Waals surface area (Å²) in [7, 11) is 0. The predicted molar refractivity (Wildman–Crippen MR) is 65.1 cm³/mol. The molecule has 0 spiro atoms. The zero-order valence-electron chi connectivity index (χ0n) is 9.11. The Balaban J connectivity index is 3.05. The van der Waals surface area contributed by atoms with Crippen LogP contribution in [0.4, 0.5) is 10.1 Å². The molecular weight excluding hydrogens is 221 g/mol. The number of anilines is 1. The van der Waals surface area contributed by atoms with Gasteiger partial charge < -0.3 is 10.4 Å². The monoisotopic (exact) mass is 233 g/mol. The fourth-order valence-corrected chi connectivity index (χ4v) is 1.23. The Labute approximate surface area is 98.6 Å². The maximum absolute atomic E-state index is 12.7. The first kappa shape index (κ1) is 12.7. The van der Waals surface area contributed by atoms with Gasteiger partial charge in [-0.05, 0) is 30.3 Å². The summed E-state index contributed by atoms with van der Waals surface area (Å²) in [6, 6.07) is 5.55. The SMILES string of the molecule is C=C/C(Nc1ccc(F)cc1)=C(\C=C)C(=O)O. The van der Waals surface area contributed by atoms with Crippen molar-refractivity contribution in [3.05, 3.63) is 66.7 Å². The highest BCUT2D eigenvalue weighted by atomic mass is 19.1. The Kier molecular flexibility index (Phi) is 4.22. The molecule has 0 bridgehead atoms. The highest BCUT2D eigenvalue weighted by Crippen LogP contribution is 2.15. The number of carboxylic acid groups (broad SMARTS) is 1. The van der Waals surface area contributed by atoms with Crippen molar-refractivity contribution >= 4 is 11.7 Å². The lowest BCUT2D eigenvalue weighted by molar-refractivity contribution is -0.132. The molecule has 0 unspecified atom stereocenters. The highest BCUT2D eigenvalue weighted by Gasteiger charge is 2.08. The molecule has 0 atom stereocenters. The molecule has 1 rings (SSSR count). The summed E-state index contributed by atoms with van der Waals surface area (Å²) in [6.07, 6.45) is 2.59.